The average Bonchev–Trinajstić information content (AvgIpc) is 3.02. The summed E-state index contributed by atoms with van der Waals surface area (Å²) < 4.78 is 1.82. The third-order valence-corrected chi connectivity index (χ3v) is 5.03. The quantitative estimate of drug-likeness (QED) is 0.676. The zero-order chi connectivity index (χ0) is 17.9. The average molecular weight is 366 g/mol. The van der Waals surface area contributed by atoms with Gasteiger partial charge >= 0.3 is 0 Å². The SMILES string of the molecule is Cc1cc(NC(=S)NC2CCCCC2)n(-c2ccc3ccccc3n2)n1. The van der Waals surface area contributed by atoms with Crippen LogP contribution in [0.5, 0.6) is 0 Å². The molecule has 0 aliphatic heterocycles. The van der Waals surface area contributed by atoms with Crippen LogP contribution in [0, 0.1) is 6.92 Å². The molecule has 6 heteroatoms. The lowest BCUT2D eigenvalue weighted by Crippen LogP contribution is -2.39. The third kappa shape index (κ3) is 3.70. The van der Waals surface area contributed by atoms with Gasteiger partial charge in [0, 0.05) is 17.5 Å². The Labute approximate surface area is 158 Å². The highest BCUT2D eigenvalue weighted by Gasteiger charge is 2.16. The van der Waals surface area contributed by atoms with Gasteiger partial charge in [0.2, 0.25) is 0 Å². The summed E-state index contributed by atoms with van der Waals surface area (Å²) in [7, 11) is 0. The standard InChI is InChI=1S/C20H23N5S/c1-14-13-19(23-20(26)21-16-8-3-2-4-9-16)25(24-14)18-12-11-15-7-5-6-10-17(15)22-18/h5-7,10-13,16H,2-4,8-9H2,1H3,(H2,21,23,26). The van der Waals surface area contributed by atoms with Gasteiger partial charge in [0.25, 0.3) is 0 Å². The van der Waals surface area contributed by atoms with Crippen molar-refractivity contribution in [3.8, 4) is 5.82 Å². The highest BCUT2D eigenvalue weighted by atomic mass is 32.1. The van der Waals surface area contributed by atoms with Crippen molar-refractivity contribution in [3.05, 3.63) is 48.2 Å². The Morgan fingerprint density at radius 3 is 2.77 bits per heavy atom. The normalized spacial score (nSPS) is 15.1. The Bertz CT molecular complexity index is 927. The van der Waals surface area contributed by atoms with E-state index >= 15 is 0 Å². The number of nitrogens with one attached hydrogen (secondary N) is 2. The molecule has 1 fully saturated rings. The molecule has 2 N–H and O–H groups in total. The largest absolute Gasteiger partial charge is 0.360 e. The predicted molar refractivity (Wildman–Crippen MR) is 110 cm³/mol. The topological polar surface area (TPSA) is 54.8 Å². The van der Waals surface area contributed by atoms with Gasteiger partial charge in [-0.1, -0.05) is 37.5 Å². The summed E-state index contributed by atoms with van der Waals surface area (Å²) >= 11 is 5.53. The second kappa shape index (κ2) is 7.41. The molecule has 0 spiro atoms. The second-order valence-corrected chi connectivity index (χ2v) is 7.29. The molecule has 1 saturated carbocycles. The first-order chi connectivity index (χ1) is 12.7. The number of nitrogens with zero attached hydrogens (tertiary/aromatic N) is 3. The lowest BCUT2D eigenvalue weighted by Gasteiger charge is -2.24. The van der Waals surface area contributed by atoms with E-state index in [1.165, 1.54) is 32.1 Å². The maximum absolute atomic E-state index is 5.53. The number of pyridine rings is 1. The molecule has 26 heavy (non-hydrogen) atoms. The van der Waals surface area contributed by atoms with Crippen molar-refractivity contribution in [2.45, 2.75) is 45.1 Å². The van der Waals surface area contributed by atoms with Gasteiger partial charge in [-0.05, 0) is 50.2 Å². The molecule has 4 rings (SSSR count). The highest BCUT2D eigenvalue weighted by molar-refractivity contribution is 7.80. The number of benzene rings is 1. The molecule has 134 valence electrons. The Kier molecular flexibility index (Phi) is 4.84. The monoisotopic (exact) mass is 365 g/mol. The van der Waals surface area contributed by atoms with Crippen LogP contribution < -0.4 is 10.6 Å². The summed E-state index contributed by atoms with van der Waals surface area (Å²) in [4.78, 5) is 4.74. The smallest absolute Gasteiger partial charge is 0.172 e. The Hall–Kier alpha value is -2.47. The summed E-state index contributed by atoms with van der Waals surface area (Å²) in [5.74, 6) is 1.61. The van der Waals surface area contributed by atoms with Gasteiger partial charge in [-0.15, -0.1) is 0 Å². The highest BCUT2D eigenvalue weighted by Crippen LogP contribution is 2.20. The molecule has 1 aliphatic carbocycles. The fraction of sp³-hybridized carbons (Fsp3) is 0.350. The molecular weight excluding hydrogens is 342 g/mol. The van der Waals surface area contributed by atoms with E-state index in [0.29, 0.717) is 11.2 Å². The molecule has 0 saturated heterocycles. The Morgan fingerprint density at radius 2 is 1.92 bits per heavy atom. The first-order valence-corrected chi connectivity index (χ1v) is 9.60. The number of anilines is 1. The van der Waals surface area contributed by atoms with Gasteiger partial charge in [0.1, 0.15) is 5.82 Å². The van der Waals surface area contributed by atoms with E-state index in [-0.39, 0.29) is 0 Å². The van der Waals surface area contributed by atoms with E-state index in [4.69, 9.17) is 17.2 Å². The summed E-state index contributed by atoms with van der Waals surface area (Å²) in [5.41, 5.74) is 1.87. The molecule has 0 unspecified atom stereocenters. The van der Waals surface area contributed by atoms with Gasteiger partial charge in [-0.25, -0.2) is 4.98 Å². The number of aromatic nitrogens is 3. The van der Waals surface area contributed by atoms with Crippen molar-refractivity contribution in [2.75, 3.05) is 5.32 Å². The summed E-state index contributed by atoms with van der Waals surface area (Å²) in [6.45, 7) is 1.97. The van der Waals surface area contributed by atoms with Crippen LogP contribution in [0.25, 0.3) is 16.7 Å². The zero-order valence-electron chi connectivity index (χ0n) is 14.9. The van der Waals surface area contributed by atoms with Crippen molar-refractivity contribution in [2.24, 2.45) is 0 Å². The maximum atomic E-state index is 5.53. The predicted octanol–water partition coefficient (Wildman–Crippen LogP) is 4.35. The number of fused-ring (bicyclic) bond motifs is 1. The Morgan fingerprint density at radius 1 is 1.12 bits per heavy atom. The molecule has 0 atom stereocenters. The van der Waals surface area contributed by atoms with E-state index in [1.54, 1.807) is 0 Å². The molecule has 1 aromatic carbocycles. The van der Waals surface area contributed by atoms with Gasteiger partial charge in [0.15, 0.2) is 10.9 Å². The minimum Gasteiger partial charge on any atom is -0.360 e. The van der Waals surface area contributed by atoms with Crippen molar-refractivity contribution < 1.29 is 0 Å². The van der Waals surface area contributed by atoms with Crippen molar-refractivity contribution >= 4 is 34.1 Å². The molecule has 0 bridgehead atoms. The minimum atomic E-state index is 0.472. The molecule has 5 nitrogen and oxygen atoms in total. The van der Waals surface area contributed by atoms with E-state index in [2.05, 4.69) is 27.9 Å². The molecule has 1 aliphatic rings. The number of aryl methyl sites for hydroxylation is 1. The minimum absolute atomic E-state index is 0.472. The van der Waals surface area contributed by atoms with Crippen LogP contribution in [0.4, 0.5) is 5.82 Å². The molecule has 0 radical (unpaired) electrons. The molecule has 0 amide bonds. The van der Waals surface area contributed by atoms with Crippen LogP contribution in [0.2, 0.25) is 0 Å². The number of hydrogen-bond acceptors (Lipinski definition) is 3. The van der Waals surface area contributed by atoms with Crippen molar-refractivity contribution in [1.29, 1.82) is 0 Å². The van der Waals surface area contributed by atoms with E-state index in [0.717, 1.165) is 28.2 Å². The Balaban J connectivity index is 1.56. The zero-order valence-corrected chi connectivity index (χ0v) is 15.7. The maximum Gasteiger partial charge on any atom is 0.172 e. The second-order valence-electron chi connectivity index (χ2n) is 6.88. The first-order valence-electron chi connectivity index (χ1n) is 9.19. The summed E-state index contributed by atoms with van der Waals surface area (Å²) in [5, 5.41) is 13.1. The summed E-state index contributed by atoms with van der Waals surface area (Å²) in [6, 6.07) is 14.6. The van der Waals surface area contributed by atoms with Gasteiger partial charge in [-0.2, -0.15) is 9.78 Å². The van der Waals surface area contributed by atoms with Crippen LogP contribution in [0.1, 0.15) is 37.8 Å². The van der Waals surface area contributed by atoms with Crippen LogP contribution in [-0.4, -0.2) is 25.9 Å². The lowest BCUT2D eigenvalue weighted by molar-refractivity contribution is 0.414. The number of rotatable bonds is 3. The lowest BCUT2D eigenvalue weighted by atomic mass is 9.96. The van der Waals surface area contributed by atoms with E-state index in [9.17, 15) is 0 Å². The molecule has 3 aromatic rings. The van der Waals surface area contributed by atoms with Crippen molar-refractivity contribution in [3.63, 3.8) is 0 Å². The third-order valence-electron chi connectivity index (χ3n) is 4.81. The first kappa shape index (κ1) is 17.0. The van der Waals surface area contributed by atoms with E-state index < -0.39 is 0 Å². The molecule has 2 aromatic heterocycles. The van der Waals surface area contributed by atoms with Crippen LogP contribution >= 0.6 is 12.2 Å². The van der Waals surface area contributed by atoms with Crippen LogP contribution in [0.15, 0.2) is 42.5 Å². The summed E-state index contributed by atoms with van der Waals surface area (Å²) in [6.07, 6.45) is 6.26. The van der Waals surface area contributed by atoms with Crippen molar-refractivity contribution in [1.82, 2.24) is 20.1 Å². The number of para-hydroxylation sites is 1. The number of hydrogen-bond donors (Lipinski definition) is 2. The molecular formula is C20H23N5S. The fourth-order valence-corrected chi connectivity index (χ4v) is 3.79. The van der Waals surface area contributed by atoms with Gasteiger partial charge in [0.05, 0.1) is 11.2 Å². The van der Waals surface area contributed by atoms with Gasteiger partial charge < -0.3 is 10.6 Å². The van der Waals surface area contributed by atoms with Crippen LogP contribution in [-0.2, 0) is 0 Å². The fourth-order valence-electron chi connectivity index (χ4n) is 3.52. The van der Waals surface area contributed by atoms with Crippen LogP contribution in [0.3, 0.4) is 0 Å². The molecule has 2 heterocycles. The van der Waals surface area contributed by atoms with E-state index in [1.807, 2.05) is 41.9 Å². The van der Waals surface area contributed by atoms with Gasteiger partial charge in [-0.3, -0.25) is 0 Å². The number of thiocarbonyl (C=S) groups is 1.